The molecule has 2 bridgehead atoms. The quantitative estimate of drug-likeness (QED) is 0.857. The molecule has 27 heavy (non-hydrogen) atoms. The number of hydrogen-bond donors (Lipinski definition) is 1. The number of fused-ring (bicyclic) bond motifs is 2. The van der Waals surface area contributed by atoms with Crippen LogP contribution < -0.4 is 0 Å². The molecule has 5 heteroatoms. The van der Waals surface area contributed by atoms with Crippen molar-refractivity contribution in [2.24, 2.45) is 5.92 Å². The fraction of sp³-hybridized carbons (Fsp3) is 0.636. The van der Waals surface area contributed by atoms with Gasteiger partial charge in [0.05, 0.1) is 0 Å². The fourth-order valence-electron chi connectivity index (χ4n) is 4.39. The Morgan fingerprint density at radius 1 is 1.22 bits per heavy atom. The van der Waals surface area contributed by atoms with Crippen LogP contribution in [0.3, 0.4) is 0 Å². The maximum atomic E-state index is 13.0. The lowest BCUT2D eigenvalue weighted by molar-refractivity contribution is -0.142. The van der Waals surface area contributed by atoms with Crippen LogP contribution in [0.15, 0.2) is 18.2 Å². The lowest BCUT2D eigenvalue weighted by Gasteiger charge is -2.50. The van der Waals surface area contributed by atoms with E-state index in [0.29, 0.717) is 31.0 Å². The van der Waals surface area contributed by atoms with Crippen molar-refractivity contribution in [3.8, 4) is 5.75 Å². The van der Waals surface area contributed by atoms with Crippen LogP contribution in [-0.4, -0.2) is 51.9 Å². The molecule has 0 aromatic heterocycles. The highest BCUT2D eigenvalue weighted by atomic mass is 16.3. The number of aromatic hydroxyl groups is 1. The summed E-state index contributed by atoms with van der Waals surface area (Å²) in [5.74, 6) is 0.908. The van der Waals surface area contributed by atoms with Crippen LogP contribution in [0, 0.1) is 12.8 Å². The standard InChI is InChI=1S/C22H32N2O3/c1-4-15(2)8-11-21(26)24-17-6-5-7-18(24)14-23(13-17)22(27)20-12-19(25)10-9-16(20)3/h9-10,12,15,17-18,25H,4-8,11,13-14H2,1-3H3. The van der Waals surface area contributed by atoms with Crippen LogP contribution in [-0.2, 0) is 4.79 Å². The van der Waals surface area contributed by atoms with Crippen molar-refractivity contribution >= 4 is 11.8 Å². The van der Waals surface area contributed by atoms with E-state index in [2.05, 4.69) is 18.7 Å². The molecule has 0 saturated carbocycles. The van der Waals surface area contributed by atoms with Crippen molar-refractivity contribution in [1.82, 2.24) is 9.80 Å². The molecular formula is C22H32N2O3. The van der Waals surface area contributed by atoms with Crippen LogP contribution in [0.2, 0.25) is 0 Å². The summed E-state index contributed by atoms with van der Waals surface area (Å²) in [5.41, 5.74) is 1.43. The van der Waals surface area contributed by atoms with Crippen molar-refractivity contribution in [2.75, 3.05) is 13.1 Å². The van der Waals surface area contributed by atoms with Gasteiger partial charge in [-0.2, -0.15) is 0 Å². The Labute approximate surface area is 162 Å². The highest BCUT2D eigenvalue weighted by Crippen LogP contribution is 2.31. The van der Waals surface area contributed by atoms with Crippen LogP contribution >= 0.6 is 0 Å². The third-order valence-corrected chi connectivity index (χ3v) is 6.30. The van der Waals surface area contributed by atoms with E-state index in [0.717, 1.165) is 37.7 Å². The van der Waals surface area contributed by atoms with E-state index in [1.807, 2.05) is 11.8 Å². The Morgan fingerprint density at radius 3 is 2.52 bits per heavy atom. The minimum absolute atomic E-state index is 0.0352. The molecule has 2 aliphatic rings. The van der Waals surface area contributed by atoms with Gasteiger partial charge in [0.2, 0.25) is 5.91 Å². The first-order chi connectivity index (χ1) is 12.9. The van der Waals surface area contributed by atoms with Crippen LogP contribution in [0.1, 0.15) is 68.3 Å². The molecule has 2 heterocycles. The Hall–Kier alpha value is -2.04. The summed E-state index contributed by atoms with van der Waals surface area (Å²) in [4.78, 5) is 29.9. The SMILES string of the molecule is CCC(C)CCC(=O)N1C2CCCC1CN(C(=O)c1cc(O)ccc1C)C2. The molecular weight excluding hydrogens is 340 g/mol. The molecule has 1 aromatic carbocycles. The number of carbonyl (C=O) groups excluding carboxylic acids is 2. The van der Waals surface area contributed by atoms with E-state index >= 15 is 0 Å². The number of amides is 2. The average Bonchev–Trinajstić information content (AvgIpc) is 2.66. The normalized spacial score (nSPS) is 23.2. The summed E-state index contributed by atoms with van der Waals surface area (Å²) in [6.07, 6.45) is 5.71. The molecule has 2 saturated heterocycles. The van der Waals surface area contributed by atoms with Gasteiger partial charge < -0.3 is 14.9 Å². The molecule has 0 aliphatic carbocycles. The first-order valence-electron chi connectivity index (χ1n) is 10.3. The van der Waals surface area contributed by atoms with E-state index in [-0.39, 0.29) is 29.6 Å². The van der Waals surface area contributed by atoms with Gasteiger partial charge >= 0.3 is 0 Å². The summed E-state index contributed by atoms with van der Waals surface area (Å²) in [7, 11) is 0. The van der Waals surface area contributed by atoms with Gasteiger partial charge in [0.15, 0.2) is 0 Å². The predicted octanol–water partition coefficient (Wildman–Crippen LogP) is 3.73. The van der Waals surface area contributed by atoms with Crippen LogP contribution in [0.4, 0.5) is 0 Å². The molecule has 3 atom stereocenters. The minimum Gasteiger partial charge on any atom is -0.508 e. The average molecular weight is 373 g/mol. The second-order valence-corrected chi connectivity index (χ2v) is 8.30. The van der Waals surface area contributed by atoms with E-state index in [1.54, 1.807) is 18.2 Å². The van der Waals surface area contributed by atoms with Gasteiger partial charge in [-0.1, -0.05) is 26.3 Å². The van der Waals surface area contributed by atoms with Gasteiger partial charge in [0.1, 0.15) is 5.75 Å². The van der Waals surface area contributed by atoms with E-state index in [4.69, 9.17) is 0 Å². The Kier molecular flexibility index (Phi) is 6.08. The van der Waals surface area contributed by atoms with Crippen molar-refractivity contribution in [2.45, 2.75) is 71.4 Å². The molecule has 0 spiro atoms. The van der Waals surface area contributed by atoms with Gasteiger partial charge in [-0.15, -0.1) is 0 Å². The monoisotopic (exact) mass is 372 g/mol. The lowest BCUT2D eigenvalue weighted by atomic mass is 9.89. The highest BCUT2D eigenvalue weighted by molar-refractivity contribution is 5.96. The van der Waals surface area contributed by atoms with Crippen molar-refractivity contribution in [3.63, 3.8) is 0 Å². The number of hydrogen-bond acceptors (Lipinski definition) is 3. The number of nitrogens with zero attached hydrogens (tertiary/aromatic N) is 2. The minimum atomic E-state index is -0.0352. The van der Waals surface area contributed by atoms with Crippen molar-refractivity contribution in [3.05, 3.63) is 29.3 Å². The first-order valence-corrected chi connectivity index (χ1v) is 10.3. The molecule has 2 fully saturated rings. The number of phenols is 1. The molecule has 3 rings (SSSR count). The number of rotatable bonds is 5. The Morgan fingerprint density at radius 2 is 1.89 bits per heavy atom. The van der Waals surface area contributed by atoms with E-state index < -0.39 is 0 Å². The zero-order valence-corrected chi connectivity index (χ0v) is 16.8. The number of piperazine rings is 1. The molecule has 148 valence electrons. The molecule has 2 amide bonds. The number of likely N-dealkylation sites (tertiary alicyclic amines) is 1. The molecule has 3 unspecified atom stereocenters. The Balaban J connectivity index is 1.71. The van der Waals surface area contributed by atoms with Crippen molar-refractivity contribution in [1.29, 1.82) is 0 Å². The number of aryl methyl sites for hydroxylation is 1. The van der Waals surface area contributed by atoms with Gasteiger partial charge in [0.25, 0.3) is 5.91 Å². The van der Waals surface area contributed by atoms with Crippen LogP contribution in [0.5, 0.6) is 5.75 Å². The zero-order chi connectivity index (χ0) is 19.6. The predicted molar refractivity (Wildman–Crippen MR) is 106 cm³/mol. The van der Waals surface area contributed by atoms with Gasteiger partial charge in [0, 0.05) is 37.2 Å². The first kappa shape index (κ1) is 19.7. The number of piperidine rings is 1. The third-order valence-electron chi connectivity index (χ3n) is 6.30. The maximum absolute atomic E-state index is 13.0. The Bertz CT molecular complexity index is 689. The van der Waals surface area contributed by atoms with Gasteiger partial charge in [-0.05, 0) is 56.2 Å². The molecule has 1 aromatic rings. The summed E-state index contributed by atoms with van der Waals surface area (Å²) in [6, 6.07) is 5.19. The fourth-order valence-corrected chi connectivity index (χ4v) is 4.39. The number of phenolic OH excluding ortho intramolecular Hbond substituents is 1. The van der Waals surface area contributed by atoms with Crippen LogP contribution in [0.25, 0.3) is 0 Å². The van der Waals surface area contributed by atoms with Crippen molar-refractivity contribution < 1.29 is 14.7 Å². The summed E-state index contributed by atoms with van der Waals surface area (Å²) < 4.78 is 0. The zero-order valence-electron chi connectivity index (χ0n) is 16.8. The third kappa shape index (κ3) is 4.28. The second-order valence-electron chi connectivity index (χ2n) is 8.30. The summed E-state index contributed by atoms with van der Waals surface area (Å²) >= 11 is 0. The molecule has 1 N–H and O–H groups in total. The topological polar surface area (TPSA) is 60.9 Å². The number of benzene rings is 1. The lowest BCUT2D eigenvalue weighted by Crippen LogP contribution is -2.63. The van der Waals surface area contributed by atoms with E-state index in [1.165, 1.54) is 0 Å². The largest absolute Gasteiger partial charge is 0.508 e. The maximum Gasteiger partial charge on any atom is 0.254 e. The van der Waals surface area contributed by atoms with E-state index in [9.17, 15) is 14.7 Å². The smallest absolute Gasteiger partial charge is 0.254 e. The number of carbonyl (C=O) groups is 2. The summed E-state index contributed by atoms with van der Waals surface area (Å²) in [6.45, 7) is 7.45. The molecule has 0 radical (unpaired) electrons. The van der Waals surface area contributed by atoms with Gasteiger partial charge in [-0.25, -0.2) is 0 Å². The summed E-state index contributed by atoms with van der Waals surface area (Å²) in [5, 5.41) is 9.76. The van der Waals surface area contributed by atoms with Gasteiger partial charge in [-0.3, -0.25) is 9.59 Å². The second kappa shape index (κ2) is 8.32. The highest BCUT2D eigenvalue weighted by Gasteiger charge is 2.41. The molecule has 2 aliphatic heterocycles. The molecule has 5 nitrogen and oxygen atoms in total.